The Bertz CT molecular complexity index is 2130. The van der Waals surface area contributed by atoms with Gasteiger partial charge in [0.25, 0.3) is 16.8 Å². The summed E-state index contributed by atoms with van der Waals surface area (Å²) in [6, 6.07) is 10.4. The van der Waals surface area contributed by atoms with Crippen LogP contribution < -0.4 is 33.0 Å². The van der Waals surface area contributed by atoms with Crippen LogP contribution in [0.3, 0.4) is 0 Å². The summed E-state index contributed by atoms with van der Waals surface area (Å²) in [5.74, 6) is -3.05. The molecule has 0 unspecified atom stereocenters. The van der Waals surface area contributed by atoms with Crippen LogP contribution in [0.1, 0.15) is 66.1 Å². The van der Waals surface area contributed by atoms with Crippen LogP contribution in [-0.2, 0) is 24.2 Å². The number of aromatic hydroxyl groups is 1. The minimum atomic E-state index is -1.31. The Balaban J connectivity index is 0.000000236. The van der Waals surface area contributed by atoms with Gasteiger partial charge in [-0.25, -0.2) is 23.5 Å². The zero-order chi connectivity index (χ0) is 34.0. The maximum Gasteiger partial charge on any atom is 0.354 e. The molecule has 3 aromatic carbocycles. The molecule has 1 aliphatic carbocycles. The number of aryl methyl sites for hydroxylation is 1. The first-order chi connectivity index (χ1) is 22.4. The summed E-state index contributed by atoms with van der Waals surface area (Å²) in [6.07, 6.45) is 2.35. The molecule has 0 fully saturated rings. The average molecular weight is 682 g/mol. The van der Waals surface area contributed by atoms with Crippen LogP contribution in [0.2, 0.25) is 0 Å². The van der Waals surface area contributed by atoms with E-state index in [1.807, 2.05) is 0 Å². The van der Waals surface area contributed by atoms with Crippen molar-refractivity contribution < 1.29 is 33.7 Å². The maximum atomic E-state index is 13.5. The number of methoxy groups -OCH3 is 1. The van der Waals surface area contributed by atoms with E-state index >= 15 is 0 Å². The quantitative estimate of drug-likeness (QED) is 0.101. The molecule has 2 aromatic heterocycles. The Morgan fingerprint density at radius 1 is 1.12 bits per heavy atom. The zero-order valence-corrected chi connectivity index (χ0v) is 26.0. The minimum Gasteiger partial charge on any atom is -0.503 e. The number of amides is 1. The number of anilines is 2. The molecule has 17 heteroatoms. The topological polar surface area (TPSA) is 241 Å². The molecule has 6 rings (SSSR count). The van der Waals surface area contributed by atoms with Gasteiger partial charge < -0.3 is 37.1 Å². The third-order valence-corrected chi connectivity index (χ3v) is 7.60. The number of benzene rings is 2. The molecular formula is C31H29ClFN7O8. The number of hydrogen-bond acceptors (Lipinski definition) is 12. The normalized spacial score (nSPS) is 13.2. The highest BCUT2D eigenvalue weighted by molar-refractivity contribution is 5.96. The van der Waals surface area contributed by atoms with Crippen molar-refractivity contribution in [1.29, 1.82) is 0 Å². The summed E-state index contributed by atoms with van der Waals surface area (Å²) in [6.45, 7) is 0.379. The largest absolute Gasteiger partial charge is 0.503 e. The van der Waals surface area contributed by atoms with Crippen molar-refractivity contribution in [3.8, 4) is 5.75 Å². The molecular weight excluding hydrogens is 653 g/mol. The van der Waals surface area contributed by atoms with E-state index in [2.05, 4.69) is 20.7 Å². The molecule has 0 bridgehead atoms. The van der Waals surface area contributed by atoms with Gasteiger partial charge in [-0.3, -0.25) is 14.4 Å². The number of esters is 1. The van der Waals surface area contributed by atoms with Gasteiger partial charge in [-0.1, -0.05) is 12.1 Å². The van der Waals surface area contributed by atoms with Crippen molar-refractivity contribution in [3.05, 3.63) is 114 Å². The van der Waals surface area contributed by atoms with Gasteiger partial charge in [0, 0.05) is 24.7 Å². The molecule has 250 valence electrons. The van der Waals surface area contributed by atoms with Crippen LogP contribution in [0.5, 0.6) is 5.75 Å². The first-order valence-electron chi connectivity index (χ1n) is 14.1. The van der Waals surface area contributed by atoms with Gasteiger partial charge in [-0.15, -0.1) is 12.4 Å². The minimum absolute atomic E-state index is 0. The molecule has 48 heavy (non-hydrogen) atoms. The third kappa shape index (κ3) is 6.79. The van der Waals surface area contributed by atoms with Gasteiger partial charge in [0.15, 0.2) is 17.1 Å². The van der Waals surface area contributed by atoms with E-state index in [9.17, 15) is 38.6 Å². The fourth-order valence-corrected chi connectivity index (χ4v) is 5.12. The van der Waals surface area contributed by atoms with Gasteiger partial charge in [-0.2, -0.15) is 5.10 Å². The molecule has 0 radical (unpaired) electrons. The summed E-state index contributed by atoms with van der Waals surface area (Å²) in [5, 5.41) is 28.4. The number of halogens is 2. The third-order valence-electron chi connectivity index (χ3n) is 7.60. The van der Waals surface area contributed by atoms with Crippen LogP contribution in [0, 0.1) is 5.82 Å². The number of nitrogens with zero attached hydrogens (tertiary/aromatic N) is 3. The summed E-state index contributed by atoms with van der Waals surface area (Å²) < 4.78 is 19.1. The van der Waals surface area contributed by atoms with Crippen LogP contribution in [0.15, 0.2) is 58.3 Å². The second kappa shape index (κ2) is 14.3. The van der Waals surface area contributed by atoms with Gasteiger partial charge in [0.05, 0.1) is 24.9 Å². The van der Waals surface area contributed by atoms with Crippen LogP contribution >= 0.6 is 12.4 Å². The van der Waals surface area contributed by atoms with Crippen LogP contribution in [0.4, 0.5) is 15.8 Å². The second-order valence-electron chi connectivity index (χ2n) is 10.5. The Kier molecular flexibility index (Phi) is 10.4. The number of aromatic carboxylic acids is 1. The molecule has 0 saturated carbocycles. The number of rotatable bonds is 8. The number of nitrogens with two attached hydrogens (primary N) is 2. The number of nitrogen functional groups attached to an aromatic ring is 1. The molecule has 0 saturated heterocycles. The number of carbonyl (C=O) groups is 3. The van der Waals surface area contributed by atoms with Gasteiger partial charge in [0.2, 0.25) is 0 Å². The fourth-order valence-electron chi connectivity index (χ4n) is 5.12. The lowest BCUT2D eigenvalue weighted by Gasteiger charge is -2.14. The van der Waals surface area contributed by atoms with Crippen LogP contribution in [-0.4, -0.2) is 49.8 Å². The molecule has 5 aromatic rings. The van der Waals surface area contributed by atoms with E-state index in [0.717, 1.165) is 33.5 Å². The highest BCUT2D eigenvalue weighted by Gasteiger charge is 2.27. The zero-order valence-electron chi connectivity index (χ0n) is 25.2. The fraction of sp³-hybridized carbons (Fsp3) is 0.194. The Morgan fingerprint density at radius 2 is 1.88 bits per heavy atom. The first kappa shape index (κ1) is 35.0. The predicted molar refractivity (Wildman–Crippen MR) is 173 cm³/mol. The highest BCUT2D eigenvalue weighted by atomic mass is 35.5. The van der Waals surface area contributed by atoms with Crippen molar-refractivity contribution in [2.24, 2.45) is 5.73 Å². The summed E-state index contributed by atoms with van der Waals surface area (Å²) >= 11 is 0. The first-order valence-corrected chi connectivity index (χ1v) is 14.1. The smallest absolute Gasteiger partial charge is 0.354 e. The number of carbonyl (C=O) groups excluding carboxylic acids is 2. The van der Waals surface area contributed by atoms with E-state index < -0.39 is 34.5 Å². The Morgan fingerprint density at radius 3 is 2.54 bits per heavy atom. The average Bonchev–Trinajstić information content (AvgIpc) is 3.66. The maximum absolute atomic E-state index is 13.5. The molecule has 0 aliphatic heterocycles. The summed E-state index contributed by atoms with van der Waals surface area (Å²) in [5.41, 5.74) is 12.2. The number of carboxylic acids is 1. The highest BCUT2D eigenvalue weighted by Crippen LogP contribution is 2.32. The number of ether oxygens (including phenoxy) is 1. The van der Waals surface area contributed by atoms with E-state index in [1.165, 1.54) is 13.2 Å². The second-order valence-corrected chi connectivity index (χ2v) is 10.5. The lowest BCUT2D eigenvalue weighted by Crippen LogP contribution is -2.37. The van der Waals surface area contributed by atoms with E-state index in [1.54, 1.807) is 30.3 Å². The van der Waals surface area contributed by atoms with Crippen molar-refractivity contribution in [2.45, 2.75) is 32.0 Å². The number of aromatic nitrogens is 3. The Hall–Kier alpha value is -5.87. The van der Waals surface area contributed by atoms with E-state index in [-0.39, 0.29) is 59.2 Å². The molecule has 1 amide bonds. The van der Waals surface area contributed by atoms with E-state index in [0.29, 0.717) is 30.5 Å². The van der Waals surface area contributed by atoms with Crippen molar-refractivity contribution in [2.75, 3.05) is 18.2 Å². The molecule has 0 spiro atoms. The summed E-state index contributed by atoms with van der Waals surface area (Å²) in [4.78, 5) is 62.0. The molecule has 2 heterocycles. The van der Waals surface area contributed by atoms with Crippen molar-refractivity contribution >= 4 is 47.3 Å². The number of hydrogen-bond donors (Lipinski definition) is 6. The summed E-state index contributed by atoms with van der Waals surface area (Å²) in [7, 11) is 1.31. The monoisotopic (exact) mass is 681 g/mol. The van der Waals surface area contributed by atoms with Gasteiger partial charge in [-0.05, 0) is 53.8 Å². The standard InChI is InChI=1S/C19H16N4O6.C12H12FN3O2.ClH/c1-29-19(28)10-2-4-11-9(6-10)3-5-12(11)22-17(25)13-7-14(18(26)27)23-16(21-13)15(24)8-20-23;13-8-2-1-6(4-14)3-7(8)5-16-10-9(15)11(17)12(10)18;/h2,4,6-8,12,24H,3,5H2,1H3,(H,22,25)(H,26,27);1-3,16H,4-5,14-15H2;1H/t12-;;/m0../s1. The van der Waals surface area contributed by atoms with Gasteiger partial charge >= 0.3 is 11.9 Å². The Labute approximate surface area is 276 Å². The lowest BCUT2D eigenvalue weighted by atomic mass is 10.0. The molecule has 1 atom stereocenters. The number of nitrogens with one attached hydrogen (secondary N) is 2. The van der Waals surface area contributed by atoms with Gasteiger partial charge in [0.1, 0.15) is 22.9 Å². The SMILES string of the molecule is COC(=O)c1ccc2c(c1)CC[C@@H]2NC(=O)c1cc(C(=O)O)n2ncc(O)c2n1.Cl.NCc1ccc(F)c(CNc2c(N)c(=O)c2=O)c1. The number of fused-ring (bicyclic) bond motifs is 2. The van der Waals surface area contributed by atoms with Crippen molar-refractivity contribution in [1.82, 2.24) is 19.9 Å². The molecule has 8 N–H and O–H groups in total. The number of carboxylic acid groups (broad SMARTS) is 1. The molecule has 1 aliphatic rings. The van der Waals surface area contributed by atoms with Crippen molar-refractivity contribution in [3.63, 3.8) is 0 Å². The van der Waals surface area contributed by atoms with Crippen LogP contribution in [0.25, 0.3) is 5.65 Å². The molecule has 15 nitrogen and oxygen atoms in total. The lowest BCUT2D eigenvalue weighted by molar-refractivity contribution is 0.0599. The van der Waals surface area contributed by atoms with E-state index in [4.69, 9.17) is 16.2 Å². The predicted octanol–water partition coefficient (Wildman–Crippen LogP) is 1.83.